The van der Waals surface area contributed by atoms with Crippen molar-refractivity contribution < 1.29 is 19.7 Å². The Morgan fingerprint density at radius 1 is 1.58 bits per heavy atom. The standard InChI is InChI=1S/C8H16O4/c1-11-8-4-2-3-7(12-8)6(10)5-9/h6-10H,2-5H2,1H3/t6-,7-,8-/m1/s1. The topological polar surface area (TPSA) is 58.9 Å². The average molecular weight is 176 g/mol. The zero-order valence-corrected chi connectivity index (χ0v) is 7.27. The van der Waals surface area contributed by atoms with Gasteiger partial charge in [-0.05, 0) is 19.3 Å². The maximum atomic E-state index is 9.27. The molecule has 1 aliphatic rings. The molecule has 0 saturated carbocycles. The smallest absolute Gasteiger partial charge is 0.157 e. The third kappa shape index (κ3) is 2.42. The van der Waals surface area contributed by atoms with Crippen LogP contribution in [0.15, 0.2) is 0 Å². The van der Waals surface area contributed by atoms with Gasteiger partial charge in [0.05, 0.1) is 12.7 Å². The van der Waals surface area contributed by atoms with Gasteiger partial charge in [-0.1, -0.05) is 0 Å². The van der Waals surface area contributed by atoms with Gasteiger partial charge in [0, 0.05) is 7.11 Å². The molecule has 1 rings (SSSR count). The van der Waals surface area contributed by atoms with Crippen LogP contribution in [-0.2, 0) is 9.47 Å². The molecule has 1 heterocycles. The summed E-state index contributed by atoms with van der Waals surface area (Å²) in [6.45, 7) is -0.249. The number of aliphatic hydroxyl groups is 2. The van der Waals surface area contributed by atoms with Crippen LogP contribution in [0.5, 0.6) is 0 Å². The maximum absolute atomic E-state index is 9.27. The first-order valence-corrected chi connectivity index (χ1v) is 4.25. The summed E-state index contributed by atoms with van der Waals surface area (Å²) in [6, 6.07) is 0. The Bertz CT molecular complexity index is 126. The quantitative estimate of drug-likeness (QED) is 0.629. The second-order valence-corrected chi connectivity index (χ2v) is 3.02. The van der Waals surface area contributed by atoms with Crippen molar-refractivity contribution in [2.24, 2.45) is 0 Å². The fourth-order valence-electron chi connectivity index (χ4n) is 1.39. The van der Waals surface area contributed by atoms with Crippen LogP contribution in [0.3, 0.4) is 0 Å². The maximum Gasteiger partial charge on any atom is 0.157 e. The van der Waals surface area contributed by atoms with E-state index in [1.54, 1.807) is 7.11 Å². The molecule has 12 heavy (non-hydrogen) atoms. The molecule has 0 aliphatic carbocycles. The van der Waals surface area contributed by atoms with E-state index in [0.29, 0.717) is 0 Å². The molecule has 0 radical (unpaired) electrons. The molecule has 4 heteroatoms. The molecule has 0 aromatic heterocycles. The second-order valence-electron chi connectivity index (χ2n) is 3.02. The van der Waals surface area contributed by atoms with E-state index >= 15 is 0 Å². The Labute approximate surface area is 72.1 Å². The van der Waals surface area contributed by atoms with Crippen molar-refractivity contribution in [2.45, 2.75) is 37.8 Å². The summed E-state index contributed by atoms with van der Waals surface area (Å²) >= 11 is 0. The number of aliphatic hydroxyl groups excluding tert-OH is 2. The fraction of sp³-hybridized carbons (Fsp3) is 1.00. The van der Waals surface area contributed by atoms with E-state index in [-0.39, 0.29) is 19.0 Å². The van der Waals surface area contributed by atoms with Gasteiger partial charge >= 0.3 is 0 Å². The third-order valence-electron chi connectivity index (χ3n) is 2.13. The molecule has 1 aliphatic heterocycles. The molecule has 0 aromatic rings. The van der Waals surface area contributed by atoms with Gasteiger partial charge < -0.3 is 19.7 Å². The molecule has 0 aromatic carbocycles. The van der Waals surface area contributed by atoms with Crippen LogP contribution >= 0.6 is 0 Å². The minimum atomic E-state index is -0.775. The lowest BCUT2D eigenvalue weighted by atomic mass is 10.0. The van der Waals surface area contributed by atoms with Gasteiger partial charge in [0.1, 0.15) is 6.10 Å². The van der Waals surface area contributed by atoms with Crippen molar-refractivity contribution in [3.05, 3.63) is 0 Å². The molecule has 3 atom stereocenters. The molecule has 0 bridgehead atoms. The molecule has 1 fully saturated rings. The number of rotatable bonds is 3. The first-order chi connectivity index (χ1) is 5.77. The summed E-state index contributed by atoms with van der Waals surface area (Å²) in [7, 11) is 1.58. The van der Waals surface area contributed by atoms with Gasteiger partial charge in [-0.25, -0.2) is 0 Å². The van der Waals surface area contributed by atoms with Crippen LogP contribution in [0.1, 0.15) is 19.3 Å². The zero-order chi connectivity index (χ0) is 8.97. The van der Waals surface area contributed by atoms with E-state index in [9.17, 15) is 5.11 Å². The van der Waals surface area contributed by atoms with Crippen molar-refractivity contribution >= 4 is 0 Å². The lowest BCUT2D eigenvalue weighted by Crippen LogP contribution is -2.39. The number of ether oxygens (including phenoxy) is 2. The predicted molar refractivity (Wildman–Crippen MR) is 42.6 cm³/mol. The zero-order valence-electron chi connectivity index (χ0n) is 7.27. The largest absolute Gasteiger partial charge is 0.394 e. The van der Waals surface area contributed by atoms with Crippen LogP contribution in [-0.4, -0.2) is 42.4 Å². The first-order valence-electron chi connectivity index (χ1n) is 4.25. The molecule has 2 N–H and O–H groups in total. The van der Waals surface area contributed by atoms with E-state index in [1.165, 1.54) is 0 Å². The van der Waals surface area contributed by atoms with E-state index < -0.39 is 6.10 Å². The Morgan fingerprint density at radius 2 is 2.33 bits per heavy atom. The number of hydrogen-bond donors (Lipinski definition) is 2. The van der Waals surface area contributed by atoms with Crippen molar-refractivity contribution in [2.75, 3.05) is 13.7 Å². The normalized spacial score (nSPS) is 33.2. The van der Waals surface area contributed by atoms with E-state index in [4.69, 9.17) is 14.6 Å². The predicted octanol–water partition coefficient (Wildman–Crippen LogP) is -0.119. The molecule has 1 saturated heterocycles. The van der Waals surface area contributed by atoms with Crippen LogP contribution in [0.2, 0.25) is 0 Å². The highest BCUT2D eigenvalue weighted by Crippen LogP contribution is 2.21. The minimum absolute atomic E-state index is 0.218. The summed E-state index contributed by atoms with van der Waals surface area (Å²) in [5, 5.41) is 17.9. The van der Waals surface area contributed by atoms with Crippen LogP contribution < -0.4 is 0 Å². The van der Waals surface area contributed by atoms with Crippen LogP contribution in [0, 0.1) is 0 Å². The molecule has 0 spiro atoms. The van der Waals surface area contributed by atoms with Crippen LogP contribution in [0.4, 0.5) is 0 Å². The molecule has 4 nitrogen and oxygen atoms in total. The third-order valence-corrected chi connectivity index (χ3v) is 2.13. The van der Waals surface area contributed by atoms with Crippen molar-refractivity contribution in [3.63, 3.8) is 0 Å². The average Bonchev–Trinajstić information content (AvgIpc) is 2.17. The van der Waals surface area contributed by atoms with E-state index in [0.717, 1.165) is 19.3 Å². The van der Waals surface area contributed by atoms with Gasteiger partial charge in [0.2, 0.25) is 0 Å². The SMILES string of the molecule is CO[C@H]1CCC[C@H]([C@H](O)CO)O1. The summed E-state index contributed by atoms with van der Waals surface area (Å²) in [5.74, 6) is 0. The summed E-state index contributed by atoms with van der Waals surface area (Å²) in [5.41, 5.74) is 0. The number of methoxy groups -OCH3 is 1. The Balaban J connectivity index is 2.34. The van der Waals surface area contributed by atoms with Gasteiger partial charge in [0.25, 0.3) is 0 Å². The Kier molecular flexibility index (Phi) is 3.94. The van der Waals surface area contributed by atoms with Crippen molar-refractivity contribution in [1.82, 2.24) is 0 Å². The van der Waals surface area contributed by atoms with Gasteiger partial charge in [-0.15, -0.1) is 0 Å². The molecular weight excluding hydrogens is 160 g/mol. The van der Waals surface area contributed by atoms with Gasteiger partial charge in [-0.3, -0.25) is 0 Å². The highest BCUT2D eigenvalue weighted by atomic mass is 16.7. The Morgan fingerprint density at radius 3 is 2.92 bits per heavy atom. The highest BCUT2D eigenvalue weighted by Gasteiger charge is 2.27. The second kappa shape index (κ2) is 4.77. The van der Waals surface area contributed by atoms with Gasteiger partial charge in [0.15, 0.2) is 6.29 Å². The minimum Gasteiger partial charge on any atom is -0.394 e. The van der Waals surface area contributed by atoms with Gasteiger partial charge in [-0.2, -0.15) is 0 Å². The van der Waals surface area contributed by atoms with E-state index in [1.807, 2.05) is 0 Å². The monoisotopic (exact) mass is 176 g/mol. The fourth-order valence-corrected chi connectivity index (χ4v) is 1.39. The van der Waals surface area contributed by atoms with E-state index in [2.05, 4.69) is 0 Å². The van der Waals surface area contributed by atoms with Crippen molar-refractivity contribution in [1.29, 1.82) is 0 Å². The molecule has 0 unspecified atom stereocenters. The lowest BCUT2D eigenvalue weighted by Gasteiger charge is -2.31. The molecule has 72 valence electrons. The van der Waals surface area contributed by atoms with Crippen LogP contribution in [0.25, 0.3) is 0 Å². The Hall–Kier alpha value is -0.160. The van der Waals surface area contributed by atoms with Crippen molar-refractivity contribution in [3.8, 4) is 0 Å². The number of hydrogen-bond acceptors (Lipinski definition) is 4. The summed E-state index contributed by atoms with van der Waals surface area (Å²) in [4.78, 5) is 0. The lowest BCUT2D eigenvalue weighted by molar-refractivity contribution is -0.206. The molecule has 0 amide bonds. The summed E-state index contributed by atoms with van der Waals surface area (Å²) < 4.78 is 10.4. The molecular formula is C8H16O4. The highest BCUT2D eigenvalue weighted by molar-refractivity contribution is 4.73. The summed E-state index contributed by atoms with van der Waals surface area (Å²) in [6.07, 6.45) is 1.37. The first kappa shape index (κ1) is 9.92.